The van der Waals surface area contributed by atoms with E-state index in [1.54, 1.807) is 30.3 Å². The Bertz CT molecular complexity index is 674. The predicted octanol–water partition coefficient (Wildman–Crippen LogP) is 2.22. The summed E-state index contributed by atoms with van der Waals surface area (Å²) in [6.07, 6.45) is 1.44. The molecule has 3 rings (SSSR count). The topological polar surface area (TPSA) is 67.4 Å². The fraction of sp³-hybridized carbons (Fsp3) is 0.267. The minimum absolute atomic E-state index is 0.294. The molecule has 1 aliphatic rings. The van der Waals surface area contributed by atoms with Crippen LogP contribution in [0.15, 0.2) is 36.7 Å². The van der Waals surface area contributed by atoms with E-state index in [0.717, 1.165) is 18.9 Å². The minimum atomic E-state index is -0.294. The van der Waals surface area contributed by atoms with Crippen LogP contribution in [0.4, 0.5) is 11.6 Å². The normalized spacial score (nSPS) is 14.7. The summed E-state index contributed by atoms with van der Waals surface area (Å²) in [6.45, 7) is 2.89. The Kier molecular flexibility index (Phi) is 4.50. The highest BCUT2D eigenvalue weighted by Gasteiger charge is 2.15. The molecule has 1 aromatic carbocycles. The Hall–Kier alpha value is -2.18. The lowest BCUT2D eigenvalue weighted by Gasteiger charge is -2.27. The van der Waals surface area contributed by atoms with Gasteiger partial charge >= 0.3 is 0 Å². The summed E-state index contributed by atoms with van der Waals surface area (Å²) in [6, 6.07) is 8.64. The van der Waals surface area contributed by atoms with Gasteiger partial charge in [0.05, 0.1) is 23.8 Å². The largest absolute Gasteiger partial charge is 0.378 e. The Labute approximate surface area is 133 Å². The first-order chi connectivity index (χ1) is 10.7. The Morgan fingerprint density at radius 1 is 1.23 bits per heavy atom. The van der Waals surface area contributed by atoms with Crippen molar-refractivity contribution in [2.75, 3.05) is 36.5 Å². The molecule has 0 bridgehead atoms. The lowest BCUT2D eigenvalue weighted by molar-refractivity contribution is 0.102. The van der Waals surface area contributed by atoms with Crippen LogP contribution >= 0.6 is 11.6 Å². The zero-order chi connectivity index (χ0) is 15.4. The Balaban J connectivity index is 1.75. The van der Waals surface area contributed by atoms with Gasteiger partial charge in [0.1, 0.15) is 18.0 Å². The Morgan fingerprint density at radius 3 is 2.77 bits per heavy atom. The lowest BCUT2D eigenvalue weighted by Crippen LogP contribution is -2.36. The number of amides is 1. The van der Waals surface area contributed by atoms with Gasteiger partial charge in [-0.15, -0.1) is 0 Å². The number of nitrogens with one attached hydrogen (secondary N) is 1. The number of carbonyl (C=O) groups excluding carboxylic acids is 1. The van der Waals surface area contributed by atoms with E-state index in [-0.39, 0.29) is 5.91 Å². The van der Waals surface area contributed by atoms with Gasteiger partial charge in [-0.2, -0.15) is 0 Å². The third-order valence-corrected chi connectivity index (χ3v) is 3.68. The van der Waals surface area contributed by atoms with E-state index < -0.39 is 0 Å². The van der Waals surface area contributed by atoms with Gasteiger partial charge in [-0.25, -0.2) is 9.97 Å². The second-order valence-electron chi connectivity index (χ2n) is 4.79. The van der Waals surface area contributed by atoms with Gasteiger partial charge in [-0.05, 0) is 12.1 Å². The average Bonchev–Trinajstić information content (AvgIpc) is 2.56. The average molecular weight is 319 g/mol. The molecule has 1 fully saturated rings. The molecule has 1 aromatic heterocycles. The molecule has 1 N–H and O–H groups in total. The molecule has 22 heavy (non-hydrogen) atoms. The SMILES string of the molecule is O=C(Nc1cc(N2CCOCC2)ncn1)c1ccccc1Cl. The molecule has 7 heteroatoms. The zero-order valence-corrected chi connectivity index (χ0v) is 12.6. The van der Waals surface area contributed by atoms with E-state index in [2.05, 4.69) is 20.2 Å². The van der Waals surface area contributed by atoms with Crippen LogP contribution in [0.2, 0.25) is 5.02 Å². The van der Waals surface area contributed by atoms with Crippen LogP contribution in [0.1, 0.15) is 10.4 Å². The van der Waals surface area contributed by atoms with Gasteiger partial charge in [0.25, 0.3) is 5.91 Å². The molecule has 0 radical (unpaired) electrons. The number of benzene rings is 1. The van der Waals surface area contributed by atoms with Crippen molar-refractivity contribution >= 4 is 29.1 Å². The zero-order valence-electron chi connectivity index (χ0n) is 11.8. The summed E-state index contributed by atoms with van der Waals surface area (Å²) in [7, 11) is 0. The maximum absolute atomic E-state index is 12.2. The third kappa shape index (κ3) is 3.35. The summed E-state index contributed by atoms with van der Waals surface area (Å²) in [5.41, 5.74) is 0.413. The molecule has 0 atom stereocenters. The number of nitrogens with zero attached hydrogens (tertiary/aromatic N) is 3. The van der Waals surface area contributed by atoms with Crippen LogP contribution in [0.3, 0.4) is 0 Å². The molecular weight excluding hydrogens is 304 g/mol. The number of hydrogen-bond donors (Lipinski definition) is 1. The number of hydrogen-bond acceptors (Lipinski definition) is 5. The predicted molar refractivity (Wildman–Crippen MR) is 84.5 cm³/mol. The molecule has 2 heterocycles. The van der Waals surface area contributed by atoms with Gasteiger partial charge in [0, 0.05) is 19.2 Å². The molecule has 0 saturated carbocycles. The number of anilines is 2. The van der Waals surface area contributed by atoms with E-state index in [1.807, 2.05) is 0 Å². The van der Waals surface area contributed by atoms with Gasteiger partial charge in [0.15, 0.2) is 0 Å². The smallest absolute Gasteiger partial charge is 0.258 e. The summed E-state index contributed by atoms with van der Waals surface area (Å²) in [5, 5.41) is 3.15. The summed E-state index contributed by atoms with van der Waals surface area (Å²) in [4.78, 5) is 22.7. The molecule has 0 spiro atoms. The molecule has 2 aromatic rings. The van der Waals surface area contributed by atoms with Crippen LogP contribution in [0.25, 0.3) is 0 Å². The van der Waals surface area contributed by atoms with Crippen molar-refractivity contribution in [1.29, 1.82) is 0 Å². The van der Waals surface area contributed by atoms with Crippen LogP contribution in [-0.4, -0.2) is 42.2 Å². The number of ether oxygens (including phenoxy) is 1. The van der Waals surface area contributed by atoms with Gasteiger partial charge < -0.3 is 15.0 Å². The van der Waals surface area contributed by atoms with Gasteiger partial charge in [0.2, 0.25) is 0 Å². The highest BCUT2D eigenvalue weighted by molar-refractivity contribution is 6.34. The van der Waals surface area contributed by atoms with E-state index >= 15 is 0 Å². The highest BCUT2D eigenvalue weighted by atomic mass is 35.5. The maximum atomic E-state index is 12.2. The molecule has 0 aliphatic carbocycles. The first-order valence-electron chi connectivity index (χ1n) is 6.94. The number of morpholine rings is 1. The van der Waals surface area contributed by atoms with Crippen LogP contribution in [0, 0.1) is 0 Å². The maximum Gasteiger partial charge on any atom is 0.258 e. The van der Waals surface area contributed by atoms with E-state index in [9.17, 15) is 4.79 Å². The molecule has 1 aliphatic heterocycles. The van der Waals surface area contributed by atoms with Crippen molar-refractivity contribution in [1.82, 2.24) is 9.97 Å². The highest BCUT2D eigenvalue weighted by Crippen LogP contribution is 2.19. The summed E-state index contributed by atoms with van der Waals surface area (Å²) in [5.74, 6) is 0.923. The first-order valence-corrected chi connectivity index (χ1v) is 7.32. The summed E-state index contributed by atoms with van der Waals surface area (Å²) < 4.78 is 5.32. The van der Waals surface area contributed by atoms with Crippen molar-refractivity contribution < 1.29 is 9.53 Å². The summed E-state index contributed by atoms with van der Waals surface area (Å²) >= 11 is 6.02. The number of halogens is 1. The Morgan fingerprint density at radius 2 is 2.00 bits per heavy atom. The second-order valence-corrected chi connectivity index (χ2v) is 5.20. The van der Waals surface area contributed by atoms with Crippen LogP contribution in [-0.2, 0) is 4.74 Å². The van der Waals surface area contributed by atoms with Crippen molar-refractivity contribution in [3.63, 3.8) is 0 Å². The van der Waals surface area contributed by atoms with Gasteiger partial charge in [-0.1, -0.05) is 23.7 Å². The number of rotatable bonds is 3. The van der Waals surface area contributed by atoms with E-state index in [4.69, 9.17) is 16.3 Å². The van der Waals surface area contributed by atoms with Crippen molar-refractivity contribution in [2.24, 2.45) is 0 Å². The van der Waals surface area contributed by atoms with Crippen molar-refractivity contribution in [2.45, 2.75) is 0 Å². The van der Waals surface area contributed by atoms with Crippen molar-refractivity contribution in [3.05, 3.63) is 47.2 Å². The molecular formula is C15H15ClN4O2. The van der Waals surface area contributed by atoms with Crippen LogP contribution < -0.4 is 10.2 Å². The monoisotopic (exact) mass is 318 g/mol. The quantitative estimate of drug-likeness (QED) is 0.940. The molecule has 6 nitrogen and oxygen atoms in total. The molecule has 0 unspecified atom stereocenters. The van der Waals surface area contributed by atoms with E-state index in [0.29, 0.717) is 29.6 Å². The number of aromatic nitrogens is 2. The van der Waals surface area contributed by atoms with E-state index in [1.165, 1.54) is 6.33 Å². The van der Waals surface area contributed by atoms with Crippen LogP contribution in [0.5, 0.6) is 0 Å². The minimum Gasteiger partial charge on any atom is -0.378 e. The lowest BCUT2D eigenvalue weighted by atomic mass is 10.2. The van der Waals surface area contributed by atoms with Crippen molar-refractivity contribution in [3.8, 4) is 0 Å². The molecule has 1 saturated heterocycles. The number of carbonyl (C=O) groups is 1. The third-order valence-electron chi connectivity index (χ3n) is 3.35. The fourth-order valence-electron chi connectivity index (χ4n) is 2.21. The van der Waals surface area contributed by atoms with Gasteiger partial charge in [-0.3, -0.25) is 4.79 Å². The fourth-order valence-corrected chi connectivity index (χ4v) is 2.43. The molecule has 1 amide bonds. The first kappa shape index (κ1) is 14.7. The standard InChI is InChI=1S/C15H15ClN4O2/c16-12-4-2-1-3-11(12)15(21)19-13-9-14(18-10-17-13)20-5-7-22-8-6-20/h1-4,9-10H,5-8H2,(H,17,18,19,21). The molecule has 114 valence electrons. The second kappa shape index (κ2) is 6.72.